The van der Waals surface area contributed by atoms with E-state index < -0.39 is 0 Å². The molecule has 0 saturated carbocycles. The molecular weight excluding hydrogens is 254 g/mol. The van der Waals surface area contributed by atoms with Crippen molar-refractivity contribution >= 4 is 11.4 Å². The fourth-order valence-corrected chi connectivity index (χ4v) is 1.37. The van der Waals surface area contributed by atoms with Crippen LogP contribution in [0.4, 0.5) is 5.69 Å². The largest absolute Gasteiger partial charge is 0.454 e. The molecule has 2 aromatic rings. The molecule has 0 aliphatic heterocycles. The zero-order valence-electron chi connectivity index (χ0n) is 10.3. The van der Waals surface area contributed by atoms with Crippen LogP contribution in [0.3, 0.4) is 0 Å². The Morgan fingerprint density at radius 2 is 1.95 bits per heavy atom. The number of ether oxygens (including phenoxy) is 1. The second-order valence-corrected chi connectivity index (χ2v) is 3.58. The van der Waals surface area contributed by atoms with E-state index in [0.29, 0.717) is 17.2 Å². The predicted octanol–water partition coefficient (Wildman–Crippen LogP) is 2.69. The molecule has 0 unspecified atom stereocenters. The van der Waals surface area contributed by atoms with Gasteiger partial charge in [0.15, 0.2) is 5.75 Å². The number of nitrogens with one attached hydrogen (secondary N) is 1. The summed E-state index contributed by atoms with van der Waals surface area (Å²) in [5, 5.41) is 20.9. The summed E-state index contributed by atoms with van der Waals surface area (Å²) in [5.74, 6) is 1.09. The summed E-state index contributed by atoms with van der Waals surface area (Å²) >= 11 is 0. The van der Waals surface area contributed by atoms with Crippen LogP contribution in [0.15, 0.2) is 53.9 Å². The minimum absolute atomic E-state index is 0.263. The van der Waals surface area contributed by atoms with Gasteiger partial charge in [-0.2, -0.15) is 15.6 Å². The maximum Gasteiger partial charge on any atom is 0.237 e. The molecule has 6 nitrogen and oxygen atoms in total. The molecule has 0 bridgehead atoms. The molecule has 0 fully saturated rings. The number of anilines is 1. The van der Waals surface area contributed by atoms with Crippen molar-refractivity contribution in [1.29, 1.82) is 10.5 Å². The highest BCUT2D eigenvalue weighted by molar-refractivity contribution is 6.10. The molecule has 6 heteroatoms. The number of para-hydroxylation sites is 2. The average Bonchev–Trinajstić information content (AvgIpc) is 2.51. The highest BCUT2D eigenvalue weighted by Gasteiger charge is 2.04. The van der Waals surface area contributed by atoms with Gasteiger partial charge in [0, 0.05) is 6.20 Å². The Labute approximate surface area is 115 Å². The number of rotatable bonds is 4. The van der Waals surface area contributed by atoms with Crippen molar-refractivity contribution < 1.29 is 4.74 Å². The van der Waals surface area contributed by atoms with Gasteiger partial charge in [-0.1, -0.05) is 12.1 Å². The van der Waals surface area contributed by atoms with Crippen LogP contribution < -0.4 is 10.2 Å². The third-order valence-electron chi connectivity index (χ3n) is 2.25. The molecule has 96 valence electrons. The standard InChI is InChI=1S/C14H9N5O/c15-8-11(9-16)18-19-13-5-1-2-6-14(13)20-12-4-3-7-17-10-12/h1-7,10,19H. The van der Waals surface area contributed by atoms with E-state index in [1.807, 2.05) is 0 Å². The monoisotopic (exact) mass is 263 g/mol. The van der Waals surface area contributed by atoms with Crippen molar-refractivity contribution in [2.75, 3.05) is 5.43 Å². The number of benzene rings is 1. The van der Waals surface area contributed by atoms with Gasteiger partial charge in [0.1, 0.15) is 17.9 Å². The first kappa shape index (κ1) is 13.1. The second kappa shape index (κ2) is 6.53. The Balaban J connectivity index is 2.21. The van der Waals surface area contributed by atoms with Crippen molar-refractivity contribution in [1.82, 2.24) is 4.98 Å². The van der Waals surface area contributed by atoms with Gasteiger partial charge < -0.3 is 4.74 Å². The summed E-state index contributed by atoms with van der Waals surface area (Å²) in [4.78, 5) is 3.95. The number of nitriles is 2. The van der Waals surface area contributed by atoms with Crippen molar-refractivity contribution in [2.24, 2.45) is 5.10 Å². The van der Waals surface area contributed by atoms with Gasteiger partial charge in [0.25, 0.3) is 0 Å². The summed E-state index contributed by atoms with van der Waals surface area (Å²) in [6.45, 7) is 0. The molecule has 1 aromatic heterocycles. The van der Waals surface area contributed by atoms with E-state index in [-0.39, 0.29) is 5.71 Å². The lowest BCUT2D eigenvalue weighted by molar-refractivity contribution is 0.482. The van der Waals surface area contributed by atoms with Gasteiger partial charge in [0.05, 0.1) is 11.9 Å². The molecule has 0 atom stereocenters. The summed E-state index contributed by atoms with van der Waals surface area (Å²) in [7, 11) is 0. The molecule has 0 saturated heterocycles. The summed E-state index contributed by atoms with van der Waals surface area (Å²) < 4.78 is 5.65. The van der Waals surface area contributed by atoms with Crippen LogP contribution in [0.1, 0.15) is 0 Å². The predicted molar refractivity (Wildman–Crippen MR) is 73.0 cm³/mol. The van der Waals surface area contributed by atoms with Crippen LogP contribution in [0.2, 0.25) is 0 Å². The topological polar surface area (TPSA) is 94.1 Å². The van der Waals surface area contributed by atoms with Gasteiger partial charge >= 0.3 is 0 Å². The Morgan fingerprint density at radius 1 is 1.15 bits per heavy atom. The number of aromatic nitrogens is 1. The smallest absolute Gasteiger partial charge is 0.237 e. The maximum atomic E-state index is 8.63. The fraction of sp³-hybridized carbons (Fsp3) is 0. The molecule has 1 aromatic carbocycles. The van der Waals surface area contributed by atoms with Gasteiger partial charge in [-0.25, -0.2) is 0 Å². The van der Waals surface area contributed by atoms with E-state index in [0.717, 1.165) is 0 Å². The van der Waals surface area contributed by atoms with E-state index in [1.165, 1.54) is 0 Å². The van der Waals surface area contributed by atoms with Crippen molar-refractivity contribution in [3.63, 3.8) is 0 Å². The highest BCUT2D eigenvalue weighted by Crippen LogP contribution is 2.28. The molecular formula is C14H9N5O. The zero-order chi connectivity index (χ0) is 14.2. The fourth-order valence-electron chi connectivity index (χ4n) is 1.37. The number of hydrazone groups is 1. The van der Waals surface area contributed by atoms with Gasteiger partial charge in [-0.3, -0.25) is 10.4 Å². The quantitative estimate of drug-likeness (QED) is 0.676. The van der Waals surface area contributed by atoms with Crippen LogP contribution in [0.25, 0.3) is 0 Å². The third-order valence-corrected chi connectivity index (χ3v) is 2.25. The van der Waals surface area contributed by atoms with E-state index in [4.69, 9.17) is 15.3 Å². The van der Waals surface area contributed by atoms with Crippen LogP contribution in [-0.2, 0) is 0 Å². The number of pyridine rings is 1. The lowest BCUT2D eigenvalue weighted by atomic mass is 10.3. The van der Waals surface area contributed by atoms with Gasteiger partial charge in [-0.15, -0.1) is 0 Å². The molecule has 20 heavy (non-hydrogen) atoms. The lowest BCUT2D eigenvalue weighted by Gasteiger charge is -2.09. The first-order chi connectivity index (χ1) is 9.83. The van der Waals surface area contributed by atoms with E-state index in [2.05, 4.69) is 15.5 Å². The number of hydrogen-bond donors (Lipinski definition) is 1. The number of nitrogens with zero attached hydrogens (tertiary/aromatic N) is 4. The minimum atomic E-state index is -0.263. The van der Waals surface area contributed by atoms with Crippen LogP contribution in [-0.4, -0.2) is 10.7 Å². The first-order valence-electron chi connectivity index (χ1n) is 5.64. The average molecular weight is 263 g/mol. The third kappa shape index (κ3) is 3.31. The van der Waals surface area contributed by atoms with E-state index in [9.17, 15) is 0 Å². The summed E-state index contributed by atoms with van der Waals surface area (Å²) in [5.41, 5.74) is 2.91. The molecule has 1 N–H and O–H groups in total. The second-order valence-electron chi connectivity index (χ2n) is 3.58. The van der Waals surface area contributed by atoms with Crippen molar-refractivity contribution in [3.8, 4) is 23.6 Å². The Hall–Kier alpha value is -3.38. The van der Waals surface area contributed by atoms with E-state index in [1.54, 1.807) is 60.9 Å². The van der Waals surface area contributed by atoms with Crippen LogP contribution in [0, 0.1) is 22.7 Å². The summed E-state index contributed by atoms with van der Waals surface area (Å²) in [6, 6.07) is 13.9. The molecule has 0 spiro atoms. The minimum Gasteiger partial charge on any atom is -0.454 e. The molecule has 0 radical (unpaired) electrons. The zero-order valence-corrected chi connectivity index (χ0v) is 10.3. The first-order valence-corrected chi connectivity index (χ1v) is 5.64. The molecule has 2 rings (SSSR count). The molecule has 1 heterocycles. The van der Waals surface area contributed by atoms with Crippen molar-refractivity contribution in [2.45, 2.75) is 0 Å². The Kier molecular flexibility index (Phi) is 4.26. The van der Waals surface area contributed by atoms with E-state index >= 15 is 0 Å². The molecule has 0 aliphatic carbocycles. The normalized spacial score (nSPS) is 8.90. The van der Waals surface area contributed by atoms with Crippen LogP contribution >= 0.6 is 0 Å². The Morgan fingerprint density at radius 3 is 2.65 bits per heavy atom. The molecule has 0 aliphatic rings. The van der Waals surface area contributed by atoms with Gasteiger partial charge in [0.2, 0.25) is 5.71 Å². The summed E-state index contributed by atoms with van der Waals surface area (Å²) in [6.07, 6.45) is 3.23. The molecule has 0 amide bonds. The SMILES string of the molecule is N#CC(C#N)=NNc1ccccc1Oc1cccnc1. The highest BCUT2D eigenvalue weighted by atomic mass is 16.5. The number of hydrogen-bond acceptors (Lipinski definition) is 6. The van der Waals surface area contributed by atoms with Gasteiger partial charge in [-0.05, 0) is 24.3 Å². The lowest BCUT2D eigenvalue weighted by Crippen LogP contribution is -1.98. The Bertz CT molecular complexity index is 681. The van der Waals surface area contributed by atoms with Crippen molar-refractivity contribution in [3.05, 3.63) is 48.8 Å². The van der Waals surface area contributed by atoms with Crippen LogP contribution in [0.5, 0.6) is 11.5 Å². The maximum absolute atomic E-state index is 8.63.